The molecule has 2 aromatic carbocycles. The van der Waals surface area contributed by atoms with E-state index in [0.717, 1.165) is 38.7 Å². The first kappa shape index (κ1) is 19.8. The molecule has 0 radical (unpaired) electrons. The highest BCUT2D eigenvalue weighted by Gasteiger charge is 2.30. The maximum atomic E-state index is 11.9. The Morgan fingerprint density at radius 1 is 1.13 bits per heavy atom. The zero-order valence-corrected chi connectivity index (χ0v) is 18.2. The molecule has 1 atom stereocenters. The van der Waals surface area contributed by atoms with Crippen LogP contribution < -0.4 is 0 Å². The quantitative estimate of drug-likeness (QED) is 0.420. The van der Waals surface area contributed by atoms with Gasteiger partial charge in [0, 0.05) is 29.5 Å². The van der Waals surface area contributed by atoms with Gasteiger partial charge in [0.25, 0.3) is 0 Å². The number of hydrogen-bond donors (Lipinski definition) is 0. The van der Waals surface area contributed by atoms with E-state index >= 15 is 0 Å². The van der Waals surface area contributed by atoms with E-state index in [0.29, 0.717) is 19.6 Å². The van der Waals surface area contributed by atoms with Gasteiger partial charge in [-0.15, -0.1) is 10.2 Å². The Bertz CT molecular complexity index is 1270. The first-order valence-corrected chi connectivity index (χ1v) is 11.3. The molecule has 4 aromatic rings. The van der Waals surface area contributed by atoms with E-state index in [9.17, 15) is 4.79 Å². The third kappa shape index (κ3) is 3.70. The molecule has 0 amide bonds. The van der Waals surface area contributed by atoms with Crippen LogP contribution in [0.3, 0.4) is 0 Å². The highest BCUT2D eigenvalue weighted by atomic mass is 32.2. The van der Waals surface area contributed by atoms with Crippen LogP contribution in [0.1, 0.15) is 18.9 Å². The minimum atomic E-state index is -0.223. The minimum absolute atomic E-state index is 0.173. The molecule has 0 N–H and O–H groups in total. The Balaban J connectivity index is 1.64. The maximum absolute atomic E-state index is 11.9. The summed E-state index contributed by atoms with van der Waals surface area (Å²) in [5, 5.41) is 10.5. The predicted octanol–water partition coefficient (Wildman–Crippen LogP) is 4.90. The SMILES string of the molecule is CCn1c(SC2CCOC2=O)nnc1-c1cc(-c2ccc(C)cc2)nc2ccccc12. The van der Waals surface area contributed by atoms with Crippen LogP contribution in [0.2, 0.25) is 0 Å². The predicted molar refractivity (Wildman–Crippen MR) is 122 cm³/mol. The summed E-state index contributed by atoms with van der Waals surface area (Å²) in [6.45, 7) is 5.31. The lowest BCUT2D eigenvalue weighted by Gasteiger charge is -2.12. The molecule has 0 saturated carbocycles. The number of fused-ring (bicyclic) bond motifs is 1. The van der Waals surface area contributed by atoms with Crippen molar-refractivity contribution in [2.45, 2.75) is 37.2 Å². The van der Waals surface area contributed by atoms with Crippen LogP contribution in [0.15, 0.2) is 59.8 Å². The molecular weight excluding hydrogens is 408 g/mol. The van der Waals surface area contributed by atoms with Gasteiger partial charge >= 0.3 is 5.97 Å². The fourth-order valence-electron chi connectivity index (χ4n) is 3.80. The largest absolute Gasteiger partial charge is 0.465 e. The van der Waals surface area contributed by atoms with Crippen molar-refractivity contribution in [3.8, 4) is 22.6 Å². The Morgan fingerprint density at radius 3 is 2.68 bits per heavy atom. The highest BCUT2D eigenvalue weighted by molar-refractivity contribution is 8.00. The van der Waals surface area contributed by atoms with Gasteiger partial charge in [0.05, 0.1) is 17.8 Å². The number of pyridine rings is 1. The van der Waals surface area contributed by atoms with E-state index < -0.39 is 0 Å². The number of aromatic nitrogens is 4. The maximum Gasteiger partial charge on any atom is 0.319 e. The van der Waals surface area contributed by atoms with Gasteiger partial charge in [0.2, 0.25) is 0 Å². The first-order valence-electron chi connectivity index (χ1n) is 10.4. The van der Waals surface area contributed by atoms with Gasteiger partial charge in [0.15, 0.2) is 11.0 Å². The molecule has 1 saturated heterocycles. The standard InChI is InChI=1S/C24H22N4O2S/c1-3-28-22(26-27-24(28)31-21-12-13-30-23(21)29)18-14-20(16-10-8-15(2)9-11-16)25-19-7-5-4-6-17(18)19/h4-11,14,21H,3,12-13H2,1-2H3. The molecule has 0 aliphatic carbocycles. The summed E-state index contributed by atoms with van der Waals surface area (Å²) >= 11 is 1.43. The fraction of sp³-hybridized carbons (Fsp3) is 0.250. The summed E-state index contributed by atoms with van der Waals surface area (Å²) in [4.78, 5) is 16.8. The number of thioether (sulfide) groups is 1. The molecule has 1 aliphatic rings. The number of nitrogens with zero attached hydrogens (tertiary/aromatic N) is 4. The number of rotatable bonds is 5. The van der Waals surface area contributed by atoms with Crippen molar-refractivity contribution in [3.63, 3.8) is 0 Å². The van der Waals surface area contributed by atoms with Crippen molar-refractivity contribution in [1.29, 1.82) is 0 Å². The number of aryl methyl sites for hydroxylation is 1. The lowest BCUT2D eigenvalue weighted by atomic mass is 10.0. The lowest BCUT2D eigenvalue weighted by molar-refractivity contribution is -0.137. The van der Waals surface area contributed by atoms with Crippen LogP contribution in [0.5, 0.6) is 0 Å². The normalized spacial score (nSPS) is 16.1. The summed E-state index contributed by atoms with van der Waals surface area (Å²) in [6.07, 6.45) is 0.700. The van der Waals surface area contributed by atoms with Gasteiger partial charge in [-0.1, -0.05) is 59.8 Å². The summed E-state index contributed by atoms with van der Waals surface area (Å²) in [7, 11) is 0. The molecule has 1 fully saturated rings. The first-order chi connectivity index (χ1) is 15.1. The van der Waals surface area contributed by atoms with Crippen molar-refractivity contribution >= 4 is 28.6 Å². The molecule has 7 heteroatoms. The molecular formula is C24H22N4O2S. The van der Waals surface area contributed by atoms with E-state index in [-0.39, 0.29) is 11.2 Å². The van der Waals surface area contributed by atoms with Gasteiger partial charge < -0.3 is 9.30 Å². The van der Waals surface area contributed by atoms with Crippen LogP contribution in [0, 0.1) is 6.92 Å². The van der Waals surface area contributed by atoms with Gasteiger partial charge in [0.1, 0.15) is 5.25 Å². The Labute approximate surface area is 184 Å². The zero-order chi connectivity index (χ0) is 21.4. The van der Waals surface area contributed by atoms with Crippen molar-refractivity contribution in [1.82, 2.24) is 19.7 Å². The van der Waals surface area contributed by atoms with Gasteiger partial charge in [-0.25, -0.2) is 4.98 Å². The van der Waals surface area contributed by atoms with Gasteiger partial charge in [-0.3, -0.25) is 4.79 Å². The molecule has 3 heterocycles. The summed E-state index contributed by atoms with van der Waals surface area (Å²) in [5.74, 6) is 0.608. The number of esters is 1. The number of carbonyl (C=O) groups is 1. The molecule has 1 unspecified atom stereocenters. The third-order valence-electron chi connectivity index (χ3n) is 5.47. The molecule has 1 aliphatic heterocycles. The highest BCUT2D eigenvalue weighted by Crippen LogP contribution is 2.35. The molecule has 156 valence electrons. The molecule has 31 heavy (non-hydrogen) atoms. The second-order valence-corrected chi connectivity index (χ2v) is 8.72. The van der Waals surface area contributed by atoms with Crippen LogP contribution in [-0.2, 0) is 16.1 Å². The monoisotopic (exact) mass is 430 g/mol. The number of benzene rings is 2. The van der Waals surface area contributed by atoms with E-state index in [4.69, 9.17) is 9.72 Å². The number of cyclic esters (lactones) is 1. The lowest BCUT2D eigenvalue weighted by Crippen LogP contribution is -2.11. The average molecular weight is 431 g/mol. The van der Waals surface area contributed by atoms with Crippen molar-refractivity contribution in [3.05, 3.63) is 60.2 Å². The van der Waals surface area contributed by atoms with E-state index in [1.165, 1.54) is 17.3 Å². The average Bonchev–Trinajstić information content (AvgIpc) is 3.39. The number of para-hydroxylation sites is 1. The molecule has 5 rings (SSSR count). The molecule has 0 spiro atoms. The second-order valence-electron chi connectivity index (χ2n) is 7.55. The van der Waals surface area contributed by atoms with E-state index in [1.807, 2.05) is 18.2 Å². The number of hydrogen-bond acceptors (Lipinski definition) is 6. The number of carbonyl (C=O) groups excluding carboxylic acids is 1. The Kier molecular flexibility index (Phi) is 5.19. The summed E-state index contributed by atoms with van der Waals surface area (Å²) < 4.78 is 7.17. The molecule has 2 aromatic heterocycles. The van der Waals surface area contributed by atoms with Crippen molar-refractivity contribution < 1.29 is 9.53 Å². The molecule has 0 bridgehead atoms. The smallest absolute Gasteiger partial charge is 0.319 e. The topological polar surface area (TPSA) is 69.9 Å². The van der Waals surface area contributed by atoms with E-state index in [2.05, 4.69) is 65.0 Å². The second kappa shape index (κ2) is 8.15. The summed E-state index contributed by atoms with van der Waals surface area (Å²) in [6, 6.07) is 18.5. The van der Waals surface area contributed by atoms with Crippen molar-refractivity contribution in [2.75, 3.05) is 6.61 Å². The zero-order valence-electron chi connectivity index (χ0n) is 17.4. The third-order valence-corrected chi connectivity index (χ3v) is 6.70. The van der Waals surface area contributed by atoms with Crippen LogP contribution in [0.25, 0.3) is 33.5 Å². The fourth-order valence-corrected chi connectivity index (χ4v) is 4.87. The Morgan fingerprint density at radius 2 is 1.94 bits per heavy atom. The van der Waals surface area contributed by atoms with Crippen LogP contribution in [-0.4, -0.2) is 37.6 Å². The van der Waals surface area contributed by atoms with E-state index in [1.54, 1.807) is 0 Å². The summed E-state index contributed by atoms with van der Waals surface area (Å²) in [5.41, 5.74) is 5.06. The van der Waals surface area contributed by atoms with Gasteiger partial charge in [-0.2, -0.15) is 0 Å². The number of ether oxygens (including phenoxy) is 1. The van der Waals surface area contributed by atoms with Crippen LogP contribution >= 0.6 is 11.8 Å². The van der Waals surface area contributed by atoms with Crippen molar-refractivity contribution in [2.24, 2.45) is 0 Å². The minimum Gasteiger partial charge on any atom is -0.465 e. The molecule has 6 nitrogen and oxygen atoms in total. The van der Waals surface area contributed by atoms with Gasteiger partial charge in [-0.05, 0) is 26.0 Å². The Hall–Kier alpha value is -3.19. The van der Waals surface area contributed by atoms with Crippen LogP contribution in [0.4, 0.5) is 0 Å².